The fraction of sp³-hybridized carbons (Fsp3) is 0.571. The summed E-state index contributed by atoms with van der Waals surface area (Å²) in [6.07, 6.45) is 1.21. The summed E-state index contributed by atoms with van der Waals surface area (Å²) in [6.45, 7) is 10.7. The van der Waals surface area contributed by atoms with E-state index in [0.717, 1.165) is 26.2 Å². The van der Waals surface area contributed by atoms with Gasteiger partial charge in [-0.2, -0.15) is 0 Å². The highest BCUT2D eigenvalue weighted by atomic mass is 14.9. The molecule has 0 saturated carbocycles. The van der Waals surface area contributed by atoms with Gasteiger partial charge in [-0.15, -0.1) is 0 Å². The van der Waals surface area contributed by atoms with Crippen molar-refractivity contribution >= 4 is 0 Å². The first kappa shape index (κ1) is 13.2. The Kier molecular flexibility index (Phi) is 6.12. The summed E-state index contributed by atoms with van der Waals surface area (Å²) in [5.74, 6) is 0. The first-order chi connectivity index (χ1) is 7.72. The van der Waals surface area contributed by atoms with Crippen molar-refractivity contribution in [3.63, 3.8) is 0 Å². The van der Waals surface area contributed by atoms with Crippen LogP contribution in [0.1, 0.15) is 30.0 Å². The molecule has 90 valence electrons. The van der Waals surface area contributed by atoms with Crippen LogP contribution in [0.15, 0.2) is 18.2 Å². The van der Waals surface area contributed by atoms with Crippen molar-refractivity contribution < 1.29 is 0 Å². The minimum Gasteiger partial charge on any atom is -0.315 e. The van der Waals surface area contributed by atoms with Crippen LogP contribution in [0.2, 0.25) is 0 Å². The van der Waals surface area contributed by atoms with Crippen molar-refractivity contribution in [1.29, 1.82) is 0 Å². The molecule has 2 nitrogen and oxygen atoms in total. The van der Waals surface area contributed by atoms with Crippen molar-refractivity contribution in [3.05, 3.63) is 34.9 Å². The molecule has 0 fully saturated rings. The summed E-state index contributed by atoms with van der Waals surface area (Å²) in [5.41, 5.74) is 4.08. The van der Waals surface area contributed by atoms with Gasteiger partial charge in [-0.3, -0.25) is 0 Å². The summed E-state index contributed by atoms with van der Waals surface area (Å²) in [4.78, 5) is 0. The van der Waals surface area contributed by atoms with Crippen LogP contribution in [0.5, 0.6) is 0 Å². The van der Waals surface area contributed by atoms with Gasteiger partial charge in [0.1, 0.15) is 0 Å². The van der Waals surface area contributed by atoms with Crippen LogP contribution in [0, 0.1) is 13.8 Å². The topological polar surface area (TPSA) is 24.1 Å². The van der Waals surface area contributed by atoms with E-state index in [-0.39, 0.29) is 0 Å². The number of aryl methyl sites for hydroxylation is 2. The maximum absolute atomic E-state index is 3.45. The highest BCUT2D eigenvalue weighted by Gasteiger charge is 1.95. The van der Waals surface area contributed by atoms with Gasteiger partial charge in [0.15, 0.2) is 0 Å². The van der Waals surface area contributed by atoms with E-state index in [4.69, 9.17) is 0 Å². The molecule has 0 radical (unpaired) electrons. The van der Waals surface area contributed by atoms with Crippen molar-refractivity contribution in [3.8, 4) is 0 Å². The van der Waals surface area contributed by atoms with Gasteiger partial charge in [-0.05, 0) is 32.4 Å². The van der Waals surface area contributed by atoms with E-state index in [1.54, 1.807) is 0 Å². The molecule has 2 N–H and O–H groups in total. The Morgan fingerprint density at radius 2 is 1.50 bits per heavy atom. The fourth-order valence-electron chi connectivity index (χ4n) is 1.88. The predicted molar refractivity (Wildman–Crippen MR) is 70.8 cm³/mol. The SMILES string of the molecule is CCCNCCNCc1cc(C)cc(C)c1. The van der Waals surface area contributed by atoms with Crippen LogP contribution in [0.3, 0.4) is 0 Å². The molecule has 0 aromatic heterocycles. The lowest BCUT2D eigenvalue weighted by atomic mass is 10.1. The lowest BCUT2D eigenvalue weighted by Gasteiger charge is -2.07. The van der Waals surface area contributed by atoms with Crippen molar-refractivity contribution in [2.75, 3.05) is 19.6 Å². The van der Waals surface area contributed by atoms with Crippen LogP contribution in [0.25, 0.3) is 0 Å². The zero-order chi connectivity index (χ0) is 11.8. The van der Waals surface area contributed by atoms with Crippen LogP contribution in [0.4, 0.5) is 0 Å². The van der Waals surface area contributed by atoms with Crippen molar-refractivity contribution in [2.24, 2.45) is 0 Å². The molecular formula is C14H24N2. The molecule has 0 aliphatic carbocycles. The first-order valence-corrected chi connectivity index (χ1v) is 6.21. The van der Waals surface area contributed by atoms with Crippen LogP contribution in [-0.4, -0.2) is 19.6 Å². The Labute approximate surface area is 99.5 Å². The summed E-state index contributed by atoms with van der Waals surface area (Å²) in [7, 11) is 0. The Morgan fingerprint density at radius 1 is 0.875 bits per heavy atom. The van der Waals surface area contributed by atoms with Gasteiger partial charge in [-0.1, -0.05) is 36.2 Å². The van der Waals surface area contributed by atoms with E-state index in [1.165, 1.54) is 23.1 Å². The van der Waals surface area contributed by atoms with Crippen LogP contribution in [-0.2, 0) is 6.54 Å². The van der Waals surface area contributed by atoms with E-state index in [0.29, 0.717) is 0 Å². The summed E-state index contributed by atoms with van der Waals surface area (Å²) in [6, 6.07) is 6.71. The molecule has 0 spiro atoms. The Morgan fingerprint density at radius 3 is 2.12 bits per heavy atom. The Hall–Kier alpha value is -0.860. The smallest absolute Gasteiger partial charge is 0.0206 e. The molecule has 0 heterocycles. The lowest BCUT2D eigenvalue weighted by Crippen LogP contribution is -2.27. The molecule has 16 heavy (non-hydrogen) atoms. The van der Waals surface area contributed by atoms with Gasteiger partial charge in [-0.25, -0.2) is 0 Å². The normalized spacial score (nSPS) is 10.7. The zero-order valence-electron chi connectivity index (χ0n) is 10.8. The van der Waals surface area contributed by atoms with Gasteiger partial charge < -0.3 is 10.6 Å². The fourth-order valence-corrected chi connectivity index (χ4v) is 1.88. The van der Waals surface area contributed by atoms with Crippen LogP contribution >= 0.6 is 0 Å². The maximum Gasteiger partial charge on any atom is 0.0206 e. The Balaban J connectivity index is 2.21. The molecule has 0 aliphatic heterocycles. The maximum atomic E-state index is 3.45. The minimum absolute atomic E-state index is 0.969. The van der Waals surface area contributed by atoms with Gasteiger partial charge in [0.25, 0.3) is 0 Å². The Bertz CT molecular complexity index is 287. The van der Waals surface area contributed by atoms with E-state index < -0.39 is 0 Å². The highest BCUT2D eigenvalue weighted by Crippen LogP contribution is 2.08. The van der Waals surface area contributed by atoms with E-state index in [9.17, 15) is 0 Å². The molecule has 0 unspecified atom stereocenters. The largest absolute Gasteiger partial charge is 0.315 e. The molecule has 0 aliphatic rings. The molecule has 0 saturated heterocycles. The third-order valence-electron chi connectivity index (χ3n) is 2.52. The third kappa shape index (κ3) is 5.29. The second kappa shape index (κ2) is 7.42. The molecular weight excluding hydrogens is 196 g/mol. The number of hydrogen-bond donors (Lipinski definition) is 2. The summed E-state index contributed by atoms with van der Waals surface area (Å²) >= 11 is 0. The van der Waals surface area contributed by atoms with Crippen molar-refractivity contribution in [2.45, 2.75) is 33.7 Å². The average molecular weight is 220 g/mol. The molecule has 0 bridgehead atoms. The second-order valence-corrected chi connectivity index (χ2v) is 4.42. The summed E-state index contributed by atoms with van der Waals surface area (Å²) < 4.78 is 0. The third-order valence-corrected chi connectivity index (χ3v) is 2.52. The standard InChI is InChI=1S/C14H24N2/c1-4-5-15-6-7-16-11-14-9-12(2)8-13(3)10-14/h8-10,15-16H,4-7,11H2,1-3H3. The average Bonchev–Trinajstić information content (AvgIpc) is 2.22. The van der Waals surface area contributed by atoms with Gasteiger partial charge in [0, 0.05) is 19.6 Å². The quantitative estimate of drug-likeness (QED) is 0.690. The lowest BCUT2D eigenvalue weighted by molar-refractivity contribution is 0.606. The molecule has 1 aromatic rings. The number of hydrogen-bond acceptors (Lipinski definition) is 2. The first-order valence-electron chi connectivity index (χ1n) is 6.21. The van der Waals surface area contributed by atoms with Crippen molar-refractivity contribution in [1.82, 2.24) is 10.6 Å². The molecule has 1 aromatic carbocycles. The van der Waals surface area contributed by atoms with E-state index in [2.05, 4.69) is 49.6 Å². The molecule has 1 rings (SSSR count). The van der Waals surface area contributed by atoms with Gasteiger partial charge in [0.2, 0.25) is 0 Å². The molecule has 0 atom stereocenters. The molecule has 0 amide bonds. The zero-order valence-corrected chi connectivity index (χ0v) is 10.8. The predicted octanol–water partition coefficient (Wildman–Crippen LogP) is 2.39. The number of nitrogens with one attached hydrogen (secondary N) is 2. The number of rotatable bonds is 7. The monoisotopic (exact) mass is 220 g/mol. The van der Waals surface area contributed by atoms with Crippen LogP contribution < -0.4 is 10.6 Å². The summed E-state index contributed by atoms with van der Waals surface area (Å²) in [5, 5.41) is 6.83. The van der Waals surface area contributed by atoms with Gasteiger partial charge >= 0.3 is 0 Å². The van der Waals surface area contributed by atoms with E-state index >= 15 is 0 Å². The highest BCUT2D eigenvalue weighted by molar-refractivity contribution is 5.28. The minimum atomic E-state index is 0.969. The number of benzene rings is 1. The van der Waals surface area contributed by atoms with E-state index in [1.807, 2.05) is 0 Å². The van der Waals surface area contributed by atoms with Gasteiger partial charge in [0.05, 0.1) is 0 Å². The molecule has 2 heteroatoms. The second-order valence-electron chi connectivity index (χ2n) is 4.42.